The molecule has 0 N–H and O–H groups in total. The Morgan fingerprint density at radius 3 is 2.25 bits per heavy atom. The second kappa shape index (κ2) is 8.47. The second-order valence-electron chi connectivity index (χ2n) is 4.37. The summed E-state index contributed by atoms with van der Waals surface area (Å²) in [5.41, 5.74) is 2.16. The fourth-order valence-electron chi connectivity index (χ4n) is 2.24. The summed E-state index contributed by atoms with van der Waals surface area (Å²) in [7, 11) is 0. The van der Waals surface area contributed by atoms with E-state index in [2.05, 4.69) is 6.92 Å². The van der Waals surface area contributed by atoms with Crippen molar-refractivity contribution < 1.29 is 8.78 Å². The van der Waals surface area contributed by atoms with Crippen molar-refractivity contribution >= 4 is 0 Å². The summed E-state index contributed by atoms with van der Waals surface area (Å²) >= 11 is 0. The van der Waals surface area contributed by atoms with E-state index in [1.807, 2.05) is 26.0 Å². The number of benzene rings is 1. The molecule has 2 heteroatoms. The highest BCUT2D eigenvalue weighted by Crippen LogP contribution is 2.30. The average molecular weight is 276 g/mol. The van der Waals surface area contributed by atoms with Gasteiger partial charge in [0.2, 0.25) is 0 Å². The first-order valence-electron chi connectivity index (χ1n) is 7.20. The van der Waals surface area contributed by atoms with Crippen LogP contribution >= 0.6 is 0 Å². The van der Waals surface area contributed by atoms with Crippen molar-refractivity contribution in [3.63, 3.8) is 0 Å². The Morgan fingerprint density at radius 1 is 1.00 bits per heavy atom. The van der Waals surface area contributed by atoms with Gasteiger partial charge in [0.05, 0.1) is 0 Å². The van der Waals surface area contributed by atoms with Gasteiger partial charge in [-0.2, -0.15) is 0 Å². The summed E-state index contributed by atoms with van der Waals surface area (Å²) in [6.45, 7) is 6.08. The third kappa shape index (κ3) is 4.44. The fourth-order valence-corrected chi connectivity index (χ4v) is 2.24. The molecule has 0 saturated carbocycles. The Balaban J connectivity index is 0.000000956. The molecule has 1 aliphatic carbocycles. The molecule has 1 unspecified atom stereocenters. The third-order valence-corrected chi connectivity index (χ3v) is 3.18. The van der Waals surface area contributed by atoms with Crippen LogP contribution in [0.1, 0.15) is 45.1 Å². The van der Waals surface area contributed by atoms with E-state index in [4.69, 9.17) is 0 Å². The molecule has 2 rings (SSSR count). The number of allylic oxidation sites excluding steroid dienone is 6. The molecule has 0 bridgehead atoms. The van der Waals surface area contributed by atoms with Gasteiger partial charge in [0, 0.05) is 5.92 Å². The molecule has 108 valence electrons. The van der Waals surface area contributed by atoms with Crippen LogP contribution < -0.4 is 0 Å². The first-order valence-corrected chi connectivity index (χ1v) is 7.20. The summed E-state index contributed by atoms with van der Waals surface area (Å²) in [5.74, 6) is -0.233. The normalized spacial score (nSPS) is 15.4. The van der Waals surface area contributed by atoms with Gasteiger partial charge < -0.3 is 0 Å². The van der Waals surface area contributed by atoms with Gasteiger partial charge in [0.1, 0.15) is 11.6 Å². The number of hydrogen-bond donors (Lipinski definition) is 0. The highest BCUT2D eigenvalue weighted by molar-refractivity contribution is 5.38. The van der Waals surface area contributed by atoms with Gasteiger partial charge in [-0.15, -0.1) is 0 Å². The molecule has 1 aliphatic rings. The highest BCUT2D eigenvalue weighted by Gasteiger charge is 2.13. The van der Waals surface area contributed by atoms with Crippen molar-refractivity contribution in [2.75, 3.05) is 0 Å². The van der Waals surface area contributed by atoms with Gasteiger partial charge in [0.25, 0.3) is 0 Å². The van der Waals surface area contributed by atoms with Crippen LogP contribution in [0, 0.1) is 5.82 Å². The van der Waals surface area contributed by atoms with E-state index < -0.39 is 0 Å². The molecule has 0 saturated heterocycles. The minimum Gasteiger partial charge on any atom is -0.207 e. The molecule has 0 fully saturated rings. The van der Waals surface area contributed by atoms with Crippen molar-refractivity contribution in [1.82, 2.24) is 0 Å². The average Bonchev–Trinajstić information content (AvgIpc) is 2.69. The van der Waals surface area contributed by atoms with Crippen molar-refractivity contribution in [3.8, 4) is 0 Å². The molecule has 0 aliphatic heterocycles. The molecular formula is C18H22F2. The predicted molar refractivity (Wildman–Crippen MR) is 81.8 cm³/mol. The van der Waals surface area contributed by atoms with Crippen LogP contribution in [-0.4, -0.2) is 0 Å². The van der Waals surface area contributed by atoms with Crippen LogP contribution in [-0.2, 0) is 0 Å². The number of hydrogen-bond acceptors (Lipinski definition) is 0. The van der Waals surface area contributed by atoms with E-state index in [0.29, 0.717) is 6.42 Å². The second-order valence-corrected chi connectivity index (χ2v) is 4.37. The monoisotopic (exact) mass is 276 g/mol. The standard InChI is InChI=1S/C16H16F2.C2H6/c1-2-16(13-7-10-15(18)11-8-13)12-4-3-5-14(17)9-6-12;1-2/h4-11,16H,2-3H2,1H3;1-2H3. The van der Waals surface area contributed by atoms with Gasteiger partial charge in [-0.1, -0.05) is 45.1 Å². The summed E-state index contributed by atoms with van der Waals surface area (Å²) in [5, 5.41) is 0. The molecule has 0 aromatic heterocycles. The number of halogens is 2. The minimum atomic E-state index is -0.230. The first-order chi connectivity index (χ1) is 9.70. The minimum absolute atomic E-state index is 0.196. The smallest absolute Gasteiger partial charge is 0.123 e. The molecule has 0 heterocycles. The van der Waals surface area contributed by atoms with Gasteiger partial charge >= 0.3 is 0 Å². The van der Waals surface area contributed by atoms with E-state index in [0.717, 1.165) is 17.6 Å². The maximum Gasteiger partial charge on any atom is 0.123 e. The van der Waals surface area contributed by atoms with Crippen LogP contribution in [0.25, 0.3) is 0 Å². The van der Waals surface area contributed by atoms with Crippen molar-refractivity contribution in [2.45, 2.75) is 39.5 Å². The molecule has 0 radical (unpaired) electrons. The topological polar surface area (TPSA) is 0 Å². The number of rotatable bonds is 3. The molecule has 20 heavy (non-hydrogen) atoms. The fraction of sp³-hybridized carbons (Fsp3) is 0.333. The van der Waals surface area contributed by atoms with Gasteiger partial charge in [0.15, 0.2) is 0 Å². The van der Waals surface area contributed by atoms with E-state index in [1.54, 1.807) is 18.2 Å². The van der Waals surface area contributed by atoms with E-state index in [-0.39, 0.29) is 17.6 Å². The Morgan fingerprint density at radius 2 is 1.65 bits per heavy atom. The zero-order valence-corrected chi connectivity index (χ0v) is 12.4. The Hall–Kier alpha value is -1.70. The maximum absolute atomic E-state index is 13.1. The van der Waals surface area contributed by atoms with Crippen molar-refractivity contribution in [2.24, 2.45) is 0 Å². The molecular weight excluding hydrogens is 254 g/mol. The van der Waals surface area contributed by atoms with Crippen molar-refractivity contribution in [3.05, 3.63) is 71.4 Å². The Labute approximate surface area is 120 Å². The van der Waals surface area contributed by atoms with Crippen molar-refractivity contribution in [1.29, 1.82) is 0 Å². The summed E-state index contributed by atoms with van der Waals surface area (Å²) in [6, 6.07) is 6.54. The molecule has 1 aromatic rings. The van der Waals surface area contributed by atoms with Crippen LogP contribution in [0.2, 0.25) is 0 Å². The molecule has 0 nitrogen and oxygen atoms in total. The highest BCUT2D eigenvalue weighted by atomic mass is 19.1. The van der Waals surface area contributed by atoms with Gasteiger partial charge in [-0.3, -0.25) is 0 Å². The van der Waals surface area contributed by atoms with Crippen LogP contribution in [0.5, 0.6) is 0 Å². The lowest BCUT2D eigenvalue weighted by molar-refractivity contribution is 0.625. The zero-order chi connectivity index (χ0) is 15.0. The lowest BCUT2D eigenvalue weighted by Gasteiger charge is -2.16. The van der Waals surface area contributed by atoms with Gasteiger partial charge in [-0.25, -0.2) is 8.78 Å². The van der Waals surface area contributed by atoms with Crippen LogP contribution in [0.4, 0.5) is 8.78 Å². The third-order valence-electron chi connectivity index (χ3n) is 3.18. The quantitative estimate of drug-likeness (QED) is 0.627. The molecule has 1 atom stereocenters. The zero-order valence-electron chi connectivity index (χ0n) is 12.4. The van der Waals surface area contributed by atoms with Crippen LogP contribution in [0.15, 0.2) is 60.0 Å². The first kappa shape index (κ1) is 16.4. The summed E-state index contributed by atoms with van der Waals surface area (Å²) in [6.07, 6.45) is 8.40. The van der Waals surface area contributed by atoms with E-state index in [1.165, 1.54) is 18.2 Å². The summed E-state index contributed by atoms with van der Waals surface area (Å²) < 4.78 is 26.1. The SMILES string of the molecule is CC.CCC(C1=CCC=C(F)C=C1)c1ccc(F)cc1. The predicted octanol–water partition coefficient (Wildman–Crippen LogP) is 6.09. The summed E-state index contributed by atoms with van der Waals surface area (Å²) in [4.78, 5) is 0. The van der Waals surface area contributed by atoms with Gasteiger partial charge in [-0.05, 0) is 48.3 Å². The lowest BCUT2D eigenvalue weighted by atomic mass is 9.88. The van der Waals surface area contributed by atoms with Crippen LogP contribution in [0.3, 0.4) is 0 Å². The largest absolute Gasteiger partial charge is 0.207 e. The molecule has 0 amide bonds. The maximum atomic E-state index is 13.1. The van der Waals surface area contributed by atoms with E-state index >= 15 is 0 Å². The molecule has 1 aromatic carbocycles. The lowest BCUT2D eigenvalue weighted by Crippen LogP contribution is -2.00. The molecule has 0 spiro atoms. The Bertz CT molecular complexity index is 493. The van der Waals surface area contributed by atoms with E-state index in [9.17, 15) is 8.78 Å². The Kier molecular flexibility index (Phi) is 6.92.